The van der Waals surface area contributed by atoms with Crippen molar-refractivity contribution in [3.05, 3.63) is 40.2 Å². The first-order chi connectivity index (χ1) is 12.8. The van der Waals surface area contributed by atoms with Crippen LogP contribution < -0.4 is 10.1 Å². The van der Waals surface area contributed by atoms with E-state index in [1.165, 1.54) is 23.5 Å². The number of hydrogen-bond acceptors (Lipinski definition) is 5. The van der Waals surface area contributed by atoms with Gasteiger partial charge in [0.15, 0.2) is 0 Å². The lowest BCUT2D eigenvalue weighted by Crippen LogP contribution is -2.37. The van der Waals surface area contributed by atoms with Gasteiger partial charge in [0.1, 0.15) is 9.96 Å². The highest BCUT2D eigenvalue weighted by Gasteiger charge is 2.29. The molecule has 0 spiro atoms. The molecule has 1 aliphatic heterocycles. The number of nitrogens with zero attached hydrogens (tertiary/aromatic N) is 1. The summed E-state index contributed by atoms with van der Waals surface area (Å²) in [6.07, 6.45) is 1.71. The number of ether oxygens (including phenoxy) is 1. The molecule has 1 aliphatic rings. The van der Waals surface area contributed by atoms with Gasteiger partial charge in [0.05, 0.1) is 17.0 Å². The molecule has 3 rings (SSSR count). The van der Waals surface area contributed by atoms with Crippen LogP contribution in [0.1, 0.15) is 29.4 Å². The second-order valence-electron chi connectivity index (χ2n) is 6.51. The summed E-state index contributed by atoms with van der Waals surface area (Å²) in [5.41, 5.74) is 0.508. The van der Waals surface area contributed by atoms with Gasteiger partial charge in [0.2, 0.25) is 0 Å². The number of carbonyl (C=O) groups is 1. The Labute approximate surface area is 168 Å². The normalized spacial score (nSPS) is 16.3. The third kappa shape index (κ3) is 4.45. The van der Waals surface area contributed by atoms with Crippen LogP contribution in [0.15, 0.2) is 34.5 Å². The molecular formula is C18H21ClN2O4S2. The zero-order valence-electron chi connectivity index (χ0n) is 15.1. The number of methoxy groups -OCH3 is 1. The molecule has 146 valence electrons. The van der Waals surface area contributed by atoms with Crippen LogP contribution in [0.4, 0.5) is 5.69 Å². The summed E-state index contributed by atoms with van der Waals surface area (Å²) in [4.78, 5) is 12.8. The van der Waals surface area contributed by atoms with Gasteiger partial charge >= 0.3 is 0 Å². The van der Waals surface area contributed by atoms with E-state index in [0.717, 1.165) is 24.2 Å². The largest absolute Gasteiger partial charge is 0.495 e. The van der Waals surface area contributed by atoms with E-state index < -0.39 is 10.0 Å². The molecule has 1 fully saturated rings. The van der Waals surface area contributed by atoms with Crippen molar-refractivity contribution in [3.63, 3.8) is 0 Å². The highest BCUT2D eigenvalue weighted by atomic mass is 35.5. The van der Waals surface area contributed by atoms with Crippen LogP contribution in [0.3, 0.4) is 0 Å². The SMILES string of the molecule is COc1ccc(NC(=O)c2ccc(S(=O)(=O)N3CCC(C)CC3)s2)cc1Cl. The Morgan fingerprint density at radius 3 is 2.59 bits per heavy atom. The number of hydrogen-bond donors (Lipinski definition) is 1. The van der Waals surface area contributed by atoms with Crippen molar-refractivity contribution in [1.29, 1.82) is 0 Å². The summed E-state index contributed by atoms with van der Waals surface area (Å²) in [7, 11) is -2.04. The van der Waals surface area contributed by atoms with E-state index in [0.29, 0.717) is 40.3 Å². The lowest BCUT2D eigenvalue weighted by molar-refractivity contribution is 0.103. The van der Waals surface area contributed by atoms with Gasteiger partial charge in [-0.3, -0.25) is 4.79 Å². The number of sulfonamides is 1. The van der Waals surface area contributed by atoms with E-state index in [9.17, 15) is 13.2 Å². The van der Waals surface area contributed by atoms with Crippen molar-refractivity contribution in [1.82, 2.24) is 4.31 Å². The van der Waals surface area contributed by atoms with Gasteiger partial charge in [-0.25, -0.2) is 8.42 Å². The standard InChI is InChI=1S/C18H21ClN2O4S2/c1-12-7-9-21(10-8-12)27(23,24)17-6-5-16(26-17)18(22)20-13-3-4-15(25-2)14(19)11-13/h3-6,11-12H,7-10H2,1-2H3,(H,20,22). The second-order valence-corrected chi connectivity index (χ2v) is 10.2. The van der Waals surface area contributed by atoms with E-state index in [2.05, 4.69) is 12.2 Å². The first-order valence-electron chi connectivity index (χ1n) is 8.56. The number of rotatable bonds is 5. The number of anilines is 1. The van der Waals surface area contributed by atoms with Crippen LogP contribution in [0.5, 0.6) is 5.75 Å². The van der Waals surface area contributed by atoms with Gasteiger partial charge in [-0.1, -0.05) is 18.5 Å². The Bertz CT molecular complexity index is 935. The summed E-state index contributed by atoms with van der Waals surface area (Å²) in [5.74, 6) is 0.669. The first kappa shape index (κ1) is 20.1. The fraction of sp³-hybridized carbons (Fsp3) is 0.389. The molecule has 0 radical (unpaired) electrons. The molecule has 0 unspecified atom stereocenters. The maximum Gasteiger partial charge on any atom is 0.265 e. The van der Waals surface area contributed by atoms with Crippen molar-refractivity contribution < 1.29 is 17.9 Å². The predicted octanol–water partition coefficient (Wildman–Crippen LogP) is 4.08. The Hall–Kier alpha value is -1.61. The van der Waals surface area contributed by atoms with Crippen LogP contribution in [0.2, 0.25) is 5.02 Å². The fourth-order valence-electron chi connectivity index (χ4n) is 2.87. The number of halogens is 1. The monoisotopic (exact) mass is 428 g/mol. The van der Waals surface area contributed by atoms with Gasteiger partial charge in [-0.15, -0.1) is 11.3 Å². The summed E-state index contributed by atoms with van der Waals surface area (Å²) in [6.45, 7) is 3.17. The molecule has 1 aromatic heterocycles. The van der Waals surface area contributed by atoms with E-state index in [4.69, 9.17) is 16.3 Å². The highest BCUT2D eigenvalue weighted by molar-refractivity contribution is 7.91. The number of amides is 1. The van der Waals surface area contributed by atoms with Crippen molar-refractivity contribution >= 4 is 44.6 Å². The number of benzene rings is 1. The van der Waals surface area contributed by atoms with Crippen molar-refractivity contribution in [3.8, 4) is 5.75 Å². The van der Waals surface area contributed by atoms with Crippen LogP contribution in [0, 0.1) is 5.92 Å². The van der Waals surface area contributed by atoms with Crippen molar-refractivity contribution in [2.75, 3.05) is 25.5 Å². The number of thiophene rings is 1. The molecule has 1 amide bonds. The molecule has 0 atom stereocenters. The molecule has 1 N–H and O–H groups in total. The molecular weight excluding hydrogens is 408 g/mol. The maximum atomic E-state index is 12.8. The van der Waals surface area contributed by atoms with Crippen molar-refractivity contribution in [2.24, 2.45) is 5.92 Å². The number of nitrogens with one attached hydrogen (secondary N) is 1. The second kappa shape index (κ2) is 8.18. The molecule has 2 aromatic rings. The molecule has 6 nitrogen and oxygen atoms in total. The van der Waals surface area contributed by atoms with Gasteiger partial charge < -0.3 is 10.1 Å². The van der Waals surface area contributed by atoms with E-state index in [1.807, 2.05) is 0 Å². The third-order valence-electron chi connectivity index (χ3n) is 4.55. The van der Waals surface area contributed by atoms with Gasteiger partial charge in [0.25, 0.3) is 15.9 Å². The molecule has 0 saturated carbocycles. The zero-order chi connectivity index (χ0) is 19.6. The molecule has 1 saturated heterocycles. The maximum absolute atomic E-state index is 12.8. The average molecular weight is 429 g/mol. The molecule has 2 heterocycles. The third-order valence-corrected chi connectivity index (χ3v) is 8.30. The summed E-state index contributed by atoms with van der Waals surface area (Å²) in [5, 5.41) is 3.10. The van der Waals surface area contributed by atoms with E-state index >= 15 is 0 Å². The average Bonchev–Trinajstić information content (AvgIpc) is 3.13. The summed E-state index contributed by atoms with van der Waals surface area (Å²) >= 11 is 7.03. The first-order valence-corrected chi connectivity index (χ1v) is 11.2. The number of carbonyl (C=O) groups excluding carboxylic acids is 1. The topological polar surface area (TPSA) is 75.7 Å². The fourth-order valence-corrected chi connectivity index (χ4v) is 5.95. The Balaban J connectivity index is 1.73. The van der Waals surface area contributed by atoms with Gasteiger partial charge in [-0.05, 0) is 49.1 Å². The van der Waals surface area contributed by atoms with Crippen molar-refractivity contribution in [2.45, 2.75) is 24.0 Å². The lowest BCUT2D eigenvalue weighted by Gasteiger charge is -2.28. The smallest absolute Gasteiger partial charge is 0.265 e. The summed E-state index contributed by atoms with van der Waals surface area (Å²) in [6, 6.07) is 7.93. The Morgan fingerprint density at radius 2 is 1.96 bits per heavy atom. The molecule has 9 heteroatoms. The van der Waals surface area contributed by atoms with E-state index in [1.54, 1.807) is 18.2 Å². The van der Waals surface area contributed by atoms with Gasteiger partial charge in [0, 0.05) is 18.8 Å². The minimum atomic E-state index is -3.55. The van der Waals surface area contributed by atoms with E-state index in [-0.39, 0.29) is 10.1 Å². The lowest BCUT2D eigenvalue weighted by atomic mass is 10.0. The molecule has 0 bridgehead atoms. The quantitative estimate of drug-likeness (QED) is 0.778. The van der Waals surface area contributed by atoms with Crippen LogP contribution >= 0.6 is 22.9 Å². The minimum absolute atomic E-state index is 0.190. The predicted molar refractivity (Wildman–Crippen MR) is 107 cm³/mol. The van der Waals surface area contributed by atoms with Crippen LogP contribution in [-0.4, -0.2) is 38.8 Å². The van der Waals surface area contributed by atoms with Crippen LogP contribution in [0.25, 0.3) is 0 Å². The number of piperidine rings is 1. The van der Waals surface area contributed by atoms with Gasteiger partial charge in [-0.2, -0.15) is 4.31 Å². The minimum Gasteiger partial charge on any atom is -0.495 e. The van der Waals surface area contributed by atoms with Crippen LogP contribution in [-0.2, 0) is 10.0 Å². The summed E-state index contributed by atoms with van der Waals surface area (Å²) < 4.78 is 32.3. The zero-order valence-corrected chi connectivity index (χ0v) is 17.5. The Morgan fingerprint density at radius 1 is 1.26 bits per heavy atom. The highest BCUT2D eigenvalue weighted by Crippen LogP contribution is 2.30. The molecule has 1 aromatic carbocycles. The Kier molecular flexibility index (Phi) is 6.10. The molecule has 0 aliphatic carbocycles. The molecule has 27 heavy (non-hydrogen) atoms.